The van der Waals surface area contributed by atoms with Gasteiger partial charge in [0.1, 0.15) is 32.0 Å². The third-order valence-corrected chi connectivity index (χ3v) is 13.1. The number of azo groups is 2. The van der Waals surface area contributed by atoms with E-state index < -0.39 is 123 Å². The summed E-state index contributed by atoms with van der Waals surface area (Å²) in [7, 11) is -24.3. The van der Waals surface area contributed by atoms with Crippen molar-refractivity contribution in [3.8, 4) is 11.5 Å². The van der Waals surface area contributed by atoms with Gasteiger partial charge in [0.05, 0.1) is 40.6 Å². The summed E-state index contributed by atoms with van der Waals surface area (Å²) in [5, 5.41) is 26.9. The summed E-state index contributed by atoms with van der Waals surface area (Å²) in [6, 6.07) is 10.5. The zero-order chi connectivity index (χ0) is 44.7. The zero-order valence-electron chi connectivity index (χ0n) is 29.6. The van der Waals surface area contributed by atoms with Crippen molar-refractivity contribution in [3.63, 3.8) is 0 Å². The molecule has 4 aromatic carbocycles. The molecule has 0 aliphatic carbocycles. The Morgan fingerprint density at radius 2 is 1.35 bits per heavy atom. The van der Waals surface area contributed by atoms with Crippen LogP contribution in [-0.4, -0.2) is 94.6 Å². The first-order valence-electron chi connectivity index (χ1n) is 15.8. The molecular weight excluding hydrogens is 950 g/mol. The molecule has 326 valence electrons. The van der Waals surface area contributed by atoms with Gasteiger partial charge in [-0.15, -0.1) is 26.2 Å². The molecule has 60 heavy (non-hydrogen) atoms. The molecule has 0 unspecified atom stereocenters. The Bertz CT molecular complexity index is 2910. The number of phenols is 1. The van der Waals surface area contributed by atoms with Gasteiger partial charge < -0.3 is 15.3 Å². The summed E-state index contributed by atoms with van der Waals surface area (Å²) < 4.78 is 167. The summed E-state index contributed by atoms with van der Waals surface area (Å²) in [5.74, 6) is -3.60. The predicted molar refractivity (Wildman–Crippen MR) is 210 cm³/mol. The molecule has 31 heteroatoms. The van der Waals surface area contributed by atoms with Crippen LogP contribution in [0.2, 0.25) is 0 Å². The first kappa shape index (κ1) is 48.2. The quantitative estimate of drug-likeness (QED) is 0.00965. The maximum atomic E-state index is 12.6. The molecule has 0 saturated carbocycles. The van der Waals surface area contributed by atoms with Crippen molar-refractivity contribution in [2.75, 3.05) is 28.6 Å². The average Bonchev–Trinajstić information content (AvgIpc) is 3.12. The highest BCUT2D eigenvalue weighted by molar-refractivity contribution is 7.95. The molecule has 4 aromatic rings. The molecule has 0 spiro atoms. The Hall–Kier alpha value is -4.44. The highest BCUT2D eigenvalue weighted by Crippen LogP contribution is 2.45. The molecule has 0 aliphatic heterocycles. The SMILES string of the molecule is O=C(CCCS(=O)(=O)CCCl)Nc1ccc2c(O)c(N=Nc3ccc(N=Nc4ccc(OOSCOS(=O)(=O)O)cc4)cc3S(=O)(=O)O)c(S(=O)(=O)O)cc2c1S(=O)(=O)O. The van der Waals surface area contributed by atoms with Gasteiger partial charge in [-0.05, 0) is 67.1 Å². The topological polar surface area (TPSA) is 378 Å². The first-order chi connectivity index (χ1) is 27.8. The lowest BCUT2D eigenvalue weighted by Crippen LogP contribution is -2.17. The van der Waals surface area contributed by atoms with Crippen LogP contribution in [0.15, 0.2) is 95.8 Å². The highest BCUT2D eigenvalue weighted by Gasteiger charge is 2.29. The van der Waals surface area contributed by atoms with Crippen molar-refractivity contribution in [3.05, 3.63) is 60.7 Å². The number of fused-ring (bicyclic) bond motifs is 1. The molecule has 0 radical (unpaired) electrons. The molecule has 4 rings (SSSR count). The lowest BCUT2D eigenvalue weighted by atomic mass is 10.1. The number of hydrogen-bond acceptors (Lipinski definition) is 20. The van der Waals surface area contributed by atoms with E-state index in [0.29, 0.717) is 18.1 Å². The summed E-state index contributed by atoms with van der Waals surface area (Å²) >= 11 is 5.84. The monoisotopic (exact) mass is 977 g/mol. The Labute approximate surface area is 349 Å². The predicted octanol–water partition coefficient (Wildman–Crippen LogP) is 5.22. The second kappa shape index (κ2) is 19.5. The number of hydrogen-bond donors (Lipinski definition) is 6. The number of anilines is 1. The van der Waals surface area contributed by atoms with E-state index in [-0.39, 0.29) is 35.2 Å². The maximum Gasteiger partial charge on any atom is 0.398 e. The Morgan fingerprint density at radius 1 is 0.717 bits per heavy atom. The molecule has 0 fully saturated rings. The van der Waals surface area contributed by atoms with E-state index >= 15 is 0 Å². The second-order valence-corrected chi connectivity index (χ2v) is 20.0. The number of alkyl halides is 1. The smallest absolute Gasteiger partial charge is 0.398 e. The lowest BCUT2D eigenvalue weighted by molar-refractivity contribution is -0.116. The fourth-order valence-corrected chi connectivity index (χ4v) is 9.43. The van der Waals surface area contributed by atoms with Crippen LogP contribution in [0, 0.1) is 0 Å². The van der Waals surface area contributed by atoms with Gasteiger partial charge in [-0.3, -0.25) is 23.0 Å². The molecule has 0 saturated heterocycles. The Kier molecular flexibility index (Phi) is 15.7. The number of phenolic OH excluding ortho intramolecular Hbond substituents is 1. The summed E-state index contributed by atoms with van der Waals surface area (Å²) in [4.78, 5) is 14.1. The van der Waals surface area contributed by atoms with Crippen LogP contribution in [0.25, 0.3) is 10.8 Å². The molecule has 1 amide bonds. The largest absolute Gasteiger partial charge is 0.505 e. The summed E-state index contributed by atoms with van der Waals surface area (Å²) in [6.07, 6.45) is -0.659. The van der Waals surface area contributed by atoms with Crippen LogP contribution < -0.4 is 10.2 Å². The van der Waals surface area contributed by atoms with E-state index in [1.165, 1.54) is 24.3 Å². The van der Waals surface area contributed by atoms with Crippen LogP contribution in [0.3, 0.4) is 0 Å². The van der Waals surface area contributed by atoms with Crippen LogP contribution in [0.1, 0.15) is 12.8 Å². The van der Waals surface area contributed by atoms with Crippen molar-refractivity contribution >= 4 is 119 Å². The van der Waals surface area contributed by atoms with Crippen molar-refractivity contribution in [1.82, 2.24) is 0 Å². The minimum Gasteiger partial charge on any atom is -0.505 e. The number of sulfone groups is 1. The summed E-state index contributed by atoms with van der Waals surface area (Å²) in [5.41, 5.74) is -2.41. The minimum atomic E-state index is -5.46. The average molecular weight is 978 g/mol. The van der Waals surface area contributed by atoms with Gasteiger partial charge in [-0.25, -0.2) is 12.6 Å². The van der Waals surface area contributed by atoms with Gasteiger partial charge >= 0.3 is 10.4 Å². The van der Waals surface area contributed by atoms with Crippen LogP contribution in [-0.2, 0) is 63.9 Å². The van der Waals surface area contributed by atoms with Gasteiger partial charge in [-0.1, -0.05) is 0 Å². The van der Waals surface area contributed by atoms with Gasteiger partial charge in [0.2, 0.25) is 5.91 Å². The van der Waals surface area contributed by atoms with Crippen LogP contribution >= 0.6 is 23.6 Å². The van der Waals surface area contributed by atoms with Crippen molar-refractivity contribution in [2.24, 2.45) is 20.5 Å². The normalized spacial score (nSPS) is 13.0. The number of nitrogens with zero attached hydrogens (tertiary/aromatic N) is 4. The van der Waals surface area contributed by atoms with Gasteiger partial charge in [0.25, 0.3) is 30.4 Å². The Balaban J connectivity index is 1.65. The molecular formula is C29H28ClN5O19S6. The molecule has 6 N–H and O–H groups in total. The minimum absolute atomic E-state index is 0.0988. The van der Waals surface area contributed by atoms with E-state index in [9.17, 15) is 65.6 Å². The van der Waals surface area contributed by atoms with E-state index in [4.69, 9.17) is 21.0 Å². The first-order valence-corrected chi connectivity index (χ1v) is 24.7. The van der Waals surface area contributed by atoms with E-state index in [1.807, 2.05) is 0 Å². The van der Waals surface area contributed by atoms with Crippen molar-refractivity contribution < 1.29 is 83.6 Å². The molecule has 0 heterocycles. The number of nitrogens with one attached hydrogen (secondary N) is 1. The number of aromatic hydroxyl groups is 1. The molecule has 0 aliphatic rings. The number of benzene rings is 4. The fraction of sp³-hybridized carbons (Fsp3) is 0.207. The molecule has 0 aromatic heterocycles. The van der Waals surface area contributed by atoms with Crippen LogP contribution in [0.4, 0.5) is 28.4 Å². The summed E-state index contributed by atoms with van der Waals surface area (Å²) in [6.45, 7) is 0. The molecule has 0 bridgehead atoms. The van der Waals surface area contributed by atoms with Gasteiger partial charge in [-0.2, -0.15) is 43.9 Å². The second-order valence-electron chi connectivity index (χ2n) is 11.5. The lowest BCUT2D eigenvalue weighted by Gasteiger charge is -2.15. The van der Waals surface area contributed by atoms with Gasteiger partial charge in [0.15, 0.2) is 21.3 Å². The Morgan fingerprint density at radius 3 is 1.95 bits per heavy atom. The highest BCUT2D eigenvalue weighted by atomic mass is 35.5. The van der Waals surface area contributed by atoms with Crippen molar-refractivity contribution in [2.45, 2.75) is 27.5 Å². The van der Waals surface area contributed by atoms with E-state index in [0.717, 1.165) is 30.3 Å². The number of rotatable bonds is 20. The fourth-order valence-electron chi connectivity index (χ4n) is 4.75. The number of carbonyl (C=O) groups is 1. The number of carbonyl (C=O) groups excluding carboxylic acids is 1. The van der Waals surface area contributed by atoms with Gasteiger partial charge in [0, 0.05) is 23.1 Å². The third-order valence-electron chi connectivity index (χ3n) is 7.26. The third kappa shape index (κ3) is 13.8. The van der Waals surface area contributed by atoms with Crippen LogP contribution in [0.5, 0.6) is 11.5 Å². The zero-order valence-corrected chi connectivity index (χ0v) is 35.2. The van der Waals surface area contributed by atoms with E-state index in [1.54, 1.807) is 0 Å². The maximum absolute atomic E-state index is 12.6. The molecule has 24 nitrogen and oxygen atoms in total. The van der Waals surface area contributed by atoms with E-state index in [2.05, 4.69) is 34.3 Å². The van der Waals surface area contributed by atoms with Crippen molar-refractivity contribution in [1.29, 1.82) is 0 Å². The number of amides is 1. The standard InChI is InChI=1S/C29H28ClN5O19S6/c30-11-13-56(38,39)12-1-2-26(36)31-23-10-8-20-21(29(23)59(46,47)48)15-25(58(43,44)45)27(28(20)37)35-34-22-9-5-18(14-24(22)57(40,41)42)33-32-17-3-6-19(7-4-17)53-54-55-16-52-60(49,50)51/h3-10,14-15,37H,1-2,11-13,16H2,(H,31,36)(H,40,41,42)(H,43,44,45)(H,46,47,48)(H,49,50,51). The number of halogens is 1. The molecule has 0 atom stereocenters.